The molecule has 8 nitrogen and oxygen atoms in total. The van der Waals surface area contributed by atoms with Crippen LogP contribution in [0.1, 0.15) is 37.7 Å². The van der Waals surface area contributed by atoms with E-state index in [1.54, 1.807) is 0 Å². The summed E-state index contributed by atoms with van der Waals surface area (Å²) in [5.74, 6) is 0.973. The van der Waals surface area contributed by atoms with Crippen molar-refractivity contribution < 1.29 is 19.1 Å². The molecule has 2 aromatic carbocycles. The van der Waals surface area contributed by atoms with Gasteiger partial charge in [0.1, 0.15) is 11.0 Å². The number of carbonyl (C=O) groups excluding carboxylic acids is 2. The zero-order chi connectivity index (χ0) is 23.3. The predicted octanol–water partition coefficient (Wildman–Crippen LogP) is 4.18. The molecule has 2 aliphatic rings. The Labute approximate surface area is 201 Å². The van der Waals surface area contributed by atoms with E-state index in [0.717, 1.165) is 36.8 Å². The fraction of sp³-hybridized carbons (Fsp3) is 0.360. The third kappa shape index (κ3) is 5.20. The second-order valence-electron chi connectivity index (χ2n) is 8.56. The van der Waals surface area contributed by atoms with Gasteiger partial charge in [0.25, 0.3) is 0 Å². The minimum Gasteiger partial charge on any atom is -0.454 e. The first-order valence-corrected chi connectivity index (χ1v) is 12.4. The summed E-state index contributed by atoms with van der Waals surface area (Å²) >= 11 is 1.27. The van der Waals surface area contributed by atoms with Gasteiger partial charge in [-0.25, -0.2) is 0 Å². The van der Waals surface area contributed by atoms with Gasteiger partial charge < -0.3 is 14.8 Å². The van der Waals surface area contributed by atoms with Crippen molar-refractivity contribution in [2.45, 2.75) is 44.6 Å². The average Bonchev–Trinajstić information content (AvgIpc) is 3.54. The Kier molecular flexibility index (Phi) is 6.71. The summed E-state index contributed by atoms with van der Waals surface area (Å²) in [4.78, 5) is 26.1. The summed E-state index contributed by atoms with van der Waals surface area (Å²) < 4.78 is 10.8. The van der Waals surface area contributed by atoms with E-state index in [0.29, 0.717) is 28.1 Å². The number of nitrogens with zero attached hydrogens (tertiary/aromatic N) is 2. The van der Waals surface area contributed by atoms with Crippen LogP contribution in [0.3, 0.4) is 0 Å². The van der Waals surface area contributed by atoms with Crippen LogP contribution in [-0.2, 0) is 16.0 Å². The highest BCUT2D eigenvalue weighted by atomic mass is 32.1. The van der Waals surface area contributed by atoms with Gasteiger partial charge in [0, 0.05) is 17.9 Å². The first kappa shape index (κ1) is 22.3. The van der Waals surface area contributed by atoms with Crippen LogP contribution in [0.5, 0.6) is 11.5 Å². The fourth-order valence-electron chi connectivity index (χ4n) is 4.33. The van der Waals surface area contributed by atoms with E-state index in [-0.39, 0.29) is 24.5 Å². The SMILES string of the molecule is O=C(NC(Cc1ccccc1)C(=O)Nc1nnc(-c2ccc3c(c2)OCO3)s1)C1CCCCC1. The first-order valence-electron chi connectivity index (χ1n) is 11.5. The van der Waals surface area contributed by atoms with Crippen molar-refractivity contribution >= 4 is 28.3 Å². The largest absolute Gasteiger partial charge is 0.454 e. The third-order valence-electron chi connectivity index (χ3n) is 6.17. The number of hydrogen-bond donors (Lipinski definition) is 2. The van der Waals surface area contributed by atoms with Gasteiger partial charge in [-0.1, -0.05) is 60.9 Å². The van der Waals surface area contributed by atoms with Crippen molar-refractivity contribution in [1.82, 2.24) is 15.5 Å². The third-order valence-corrected chi connectivity index (χ3v) is 7.05. The van der Waals surface area contributed by atoms with E-state index >= 15 is 0 Å². The van der Waals surface area contributed by atoms with Crippen LogP contribution >= 0.6 is 11.3 Å². The first-order chi connectivity index (χ1) is 16.7. The number of carbonyl (C=O) groups is 2. The maximum Gasteiger partial charge on any atom is 0.249 e. The average molecular weight is 479 g/mol. The van der Waals surface area contributed by atoms with Gasteiger partial charge in [-0.2, -0.15) is 0 Å². The lowest BCUT2D eigenvalue weighted by molar-refractivity contribution is -0.130. The van der Waals surface area contributed by atoms with E-state index < -0.39 is 6.04 Å². The number of amides is 2. The summed E-state index contributed by atoms with van der Waals surface area (Å²) in [6.07, 6.45) is 5.43. The quantitative estimate of drug-likeness (QED) is 0.528. The molecule has 1 unspecified atom stereocenters. The van der Waals surface area contributed by atoms with Crippen LogP contribution in [-0.4, -0.2) is 34.8 Å². The van der Waals surface area contributed by atoms with Gasteiger partial charge in [-0.15, -0.1) is 10.2 Å². The Hall–Kier alpha value is -3.46. The van der Waals surface area contributed by atoms with Gasteiger partial charge in [0.2, 0.25) is 23.7 Å². The standard InChI is InChI=1S/C25H26N4O4S/c30-22(17-9-5-2-6-10-17)26-19(13-16-7-3-1-4-8-16)23(31)27-25-29-28-24(34-25)18-11-12-20-21(14-18)33-15-32-20/h1,3-4,7-8,11-12,14,17,19H,2,5-6,9-10,13,15H2,(H,26,30)(H,27,29,31). The number of rotatable bonds is 7. The minimum atomic E-state index is -0.699. The maximum atomic E-state index is 13.2. The lowest BCUT2D eigenvalue weighted by Gasteiger charge is -2.24. The number of anilines is 1. The lowest BCUT2D eigenvalue weighted by Crippen LogP contribution is -2.47. The maximum absolute atomic E-state index is 13.2. The van der Waals surface area contributed by atoms with E-state index in [1.807, 2.05) is 48.5 Å². The number of benzene rings is 2. The van der Waals surface area contributed by atoms with Crippen molar-refractivity contribution in [2.75, 3.05) is 12.1 Å². The molecular formula is C25H26N4O4S. The van der Waals surface area contributed by atoms with Gasteiger partial charge in [-0.3, -0.25) is 14.9 Å². The molecule has 1 aliphatic carbocycles. The molecule has 0 saturated heterocycles. The van der Waals surface area contributed by atoms with Gasteiger partial charge in [0.15, 0.2) is 11.5 Å². The molecule has 1 fully saturated rings. The van der Waals surface area contributed by atoms with Crippen molar-refractivity contribution in [3.8, 4) is 22.1 Å². The highest BCUT2D eigenvalue weighted by Gasteiger charge is 2.27. The van der Waals surface area contributed by atoms with Crippen LogP contribution in [0, 0.1) is 5.92 Å². The molecule has 1 aliphatic heterocycles. The van der Waals surface area contributed by atoms with E-state index in [9.17, 15) is 9.59 Å². The summed E-state index contributed by atoms with van der Waals surface area (Å²) in [5.41, 5.74) is 1.80. The lowest BCUT2D eigenvalue weighted by atomic mass is 9.88. The Morgan fingerprint density at radius 1 is 1.00 bits per heavy atom. The number of hydrogen-bond acceptors (Lipinski definition) is 7. The van der Waals surface area contributed by atoms with E-state index in [1.165, 1.54) is 17.8 Å². The monoisotopic (exact) mass is 478 g/mol. The molecule has 9 heteroatoms. The van der Waals surface area contributed by atoms with Crippen LogP contribution < -0.4 is 20.1 Å². The van der Waals surface area contributed by atoms with Crippen molar-refractivity contribution in [3.63, 3.8) is 0 Å². The second kappa shape index (κ2) is 10.2. The Morgan fingerprint density at radius 2 is 1.79 bits per heavy atom. The molecule has 2 N–H and O–H groups in total. The molecule has 0 bridgehead atoms. The zero-order valence-corrected chi connectivity index (χ0v) is 19.5. The summed E-state index contributed by atoms with van der Waals surface area (Å²) in [6.45, 7) is 0.200. The molecule has 3 aromatic rings. The summed E-state index contributed by atoms with van der Waals surface area (Å²) in [7, 11) is 0. The van der Waals surface area contributed by atoms with Crippen LogP contribution in [0.2, 0.25) is 0 Å². The normalized spacial score (nSPS) is 16.1. The van der Waals surface area contributed by atoms with Gasteiger partial charge in [-0.05, 0) is 36.6 Å². The van der Waals surface area contributed by atoms with Crippen LogP contribution in [0.4, 0.5) is 5.13 Å². The number of aromatic nitrogens is 2. The molecule has 2 heterocycles. The topological polar surface area (TPSA) is 102 Å². The fourth-order valence-corrected chi connectivity index (χ4v) is 5.07. The van der Waals surface area contributed by atoms with Crippen LogP contribution in [0.15, 0.2) is 48.5 Å². The Bertz CT molecular complexity index is 1160. The van der Waals surface area contributed by atoms with E-state index in [4.69, 9.17) is 9.47 Å². The van der Waals surface area contributed by atoms with Crippen molar-refractivity contribution in [1.29, 1.82) is 0 Å². The molecule has 0 spiro atoms. The predicted molar refractivity (Wildman–Crippen MR) is 129 cm³/mol. The Morgan fingerprint density at radius 3 is 2.62 bits per heavy atom. The molecular weight excluding hydrogens is 452 g/mol. The molecule has 1 atom stereocenters. The molecule has 34 heavy (non-hydrogen) atoms. The zero-order valence-electron chi connectivity index (χ0n) is 18.7. The number of nitrogens with one attached hydrogen (secondary N) is 2. The molecule has 1 aromatic heterocycles. The van der Waals surface area contributed by atoms with Gasteiger partial charge >= 0.3 is 0 Å². The molecule has 5 rings (SSSR count). The summed E-state index contributed by atoms with van der Waals surface area (Å²) in [6, 6.07) is 14.5. The van der Waals surface area contributed by atoms with Gasteiger partial charge in [0.05, 0.1) is 0 Å². The molecule has 176 valence electrons. The second-order valence-corrected chi connectivity index (χ2v) is 9.53. The molecule has 2 amide bonds. The minimum absolute atomic E-state index is 0.0287. The van der Waals surface area contributed by atoms with Crippen LogP contribution in [0.25, 0.3) is 10.6 Å². The smallest absolute Gasteiger partial charge is 0.249 e. The summed E-state index contributed by atoms with van der Waals surface area (Å²) in [5, 5.41) is 15.2. The Balaban J connectivity index is 1.29. The van der Waals surface area contributed by atoms with E-state index in [2.05, 4.69) is 20.8 Å². The highest BCUT2D eigenvalue weighted by Crippen LogP contribution is 2.37. The number of ether oxygens (including phenoxy) is 2. The molecule has 0 radical (unpaired) electrons. The number of fused-ring (bicyclic) bond motifs is 1. The van der Waals surface area contributed by atoms with Crippen molar-refractivity contribution in [3.05, 3.63) is 54.1 Å². The highest BCUT2D eigenvalue weighted by molar-refractivity contribution is 7.18. The molecule has 1 saturated carbocycles. The van der Waals surface area contributed by atoms with Crippen molar-refractivity contribution in [2.24, 2.45) is 5.92 Å².